The molecule has 0 amide bonds. The lowest BCUT2D eigenvalue weighted by atomic mass is 10.1. The van der Waals surface area contributed by atoms with E-state index in [9.17, 15) is 8.42 Å². The molecule has 0 saturated carbocycles. The van der Waals surface area contributed by atoms with Gasteiger partial charge in [0.2, 0.25) is 10.0 Å². The Morgan fingerprint density at radius 2 is 2.09 bits per heavy atom. The zero-order chi connectivity index (χ0) is 15.6. The van der Waals surface area contributed by atoms with Gasteiger partial charge >= 0.3 is 0 Å². The van der Waals surface area contributed by atoms with Gasteiger partial charge in [0, 0.05) is 42.0 Å². The Bertz CT molecular complexity index is 586. The summed E-state index contributed by atoms with van der Waals surface area (Å²) in [7, 11) is -3.09. The number of rotatable bonds is 5. The molecule has 0 bridgehead atoms. The van der Waals surface area contributed by atoms with E-state index in [1.807, 2.05) is 11.3 Å². The van der Waals surface area contributed by atoms with Crippen molar-refractivity contribution in [3.63, 3.8) is 0 Å². The second-order valence-electron chi connectivity index (χ2n) is 6.25. The molecule has 3 rings (SSSR count). The maximum atomic E-state index is 11.3. The van der Waals surface area contributed by atoms with E-state index in [4.69, 9.17) is 4.74 Å². The first-order valence-electron chi connectivity index (χ1n) is 7.89. The van der Waals surface area contributed by atoms with Crippen LogP contribution in [0.25, 0.3) is 0 Å². The molecular weight excluding hydrogens is 320 g/mol. The fraction of sp³-hybridized carbons (Fsp3) is 0.733. The maximum absolute atomic E-state index is 11.3. The number of hydrogen-bond donors (Lipinski definition) is 1. The smallest absolute Gasteiger partial charge is 0.208 e. The molecule has 0 aliphatic carbocycles. The Labute approximate surface area is 136 Å². The molecule has 22 heavy (non-hydrogen) atoms. The molecule has 2 aliphatic heterocycles. The predicted octanol–water partition coefficient (Wildman–Crippen LogP) is 2.11. The van der Waals surface area contributed by atoms with Gasteiger partial charge in [-0.1, -0.05) is 0 Å². The SMILES string of the molecule is CS(=O)(=O)NC1CCN(Cc2ccc([C@@H]3CCCO3)s2)CC1. The minimum absolute atomic E-state index is 0.0945. The number of piperidine rings is 1. The normalized spacial score (nSPS) is 24.9. The second-order valence-corrected chi connectivity index (χ2v) is 9.23. The molecule has 2 saturated heterocycles. The number of likely N-dealkylation sites (tertiary alicyclic amines) is 1. The summed E-state index contributed by atoms with van der Waals surface area (Å²) in [6.07, 6.45) is 5.62. The van der Waals surface area contributed by atoms with Crippen molar-refractivity contribution in [3.8, 4) is 0 Å². The molecule has 2 fully saturated rings. The first kappa shape index (κ1) is 16.4. The molecule has 2 aliphatic rings. The van der Waals surface area contributed by atoms with Crippen molar-refractivity contribution >= 4 is 21.4 Å². The van der Waals surface area contributed by atoms with Gasteiger partial charge in [-0.2, -0.15) is 0 Å². The molecule has 1 N–H and O–H groups in total. The van der Waals surface area contributed by atoms with Gasteiger partial charge in [0.15, 0.2) is 0 Å². The highest BCUT2D eigenvalue weighted by molar-refractivity contribution is 7.88. The Morgan fingerprint density at radius 1 is 1.32 bits per heavy atom. The van der Waals surface area contributed by atoms with E-state index < -0.39 is 10.0 Å². The minimum Gasteiger partial charge on any atom is -0.373 e. The molecule has 1 aromatic heterocycles. The van der Waals surface area contributed by atoms with Crippen molar-refractivity contribution in [3.05, 3.63) is 21.9 Å². The van der Waals surface area contributed by atoms with Crippen LogP contribution >= 0.6 is 11.3 Å². The van der Waals surface area contributed by atoms with Crippen molar-refractivity contribution < 1.29 is 13.2 Å². The summed E-state index contributed by atoms with van der Waals surface area (Å²) in [6, 6.07) is 4.51. The number of ether oxygens (including phenoxy) is 1. The van der Waals surface area contributed by atoms with Gasteiger partial charge in [0.25, 0.3) is 0 Å². The monoisotopic (exact) mass is 344 g/mol. The van der Waals surface area contributed by atoms with Gasteiger partial charge in [0.05, 0.1) is 12.4 Å². The van der Waals surface area contributed by atoms with Crippen LogP contribution in [0.4, 0.5) is 0 Å². The summed E-state index contributed by atoms with van der Waals surface area (Å²) >= 11 is 1.86. The second kappa shape index (κ2) is 6.97. The van der Waals surface area contributed by atoms with Crippen molar-refractivity contribution in [1.82, 2.24) is 9.62 Å². The molecule has 1 aromatic rings. The van der Waals surface area contributed by atoms with Crippen LogP contribution in [0.3, 0.4) is 0 Å². The molecule has 7 heteroatoms. The molecule has 3 heterocycles. The number of nitrogens with one attached hydrogen (secondary N) is 1. The molecule has 124 valence electrons. The third-order valence-electron chi connectivity index (χ3n) is 4.28. The van der Waals surface area contributed by atoms with E-state index >= 15 is 0 Å². The molecule has 0 unspecified atom stereocenters. The number of hydrogen-bond acceptors (Lipinski definition) is 5. The van der Waals surface area contributed by atoms with E-state index in [0.717, 1.165) is 45.5 Å². The van der Waals surface area contributed by atoms with E-state index in [1.54, 1.807) is 0 Å². The molecule has 0 spiro atoms. The van der Waals surface area contributed by atoms with Gasteiger partial charge in [-0.3, -0.25) is 4.90 Å². The summed E-state index contributed by atoms with van der Waals surface area (Å²) in [6.45, 7) is 3.74. The maximum Gasteiger partial charge on any atom is 0.208 e. The first-order valence-corrected chi connectivity index (χ1v) is 10.6. The van der Waals surface area contributed by atoms with E-state index in [2.05, 4.69) is 21.8 Å². The lowest BCUT2D eigenvalue weighted by molar-refractivity contribution is 0.114. The van der Waals surface area contributed by atoms with Crippen LogP contribution in [-0.4, -0.2) is 45.3 Å². The summed E-state index contributed by atoms with van der Waals surface area (Å²) < 4.78 is 31.0. The molecule has 1 atom stereocenters. The van der Waals surface area contributed by atoms with Crippen LogP contribution in [0.15, 0.2) is 12.1 Å². The summed E-state index contributed by atoms with van der Waals surface area (Å²) in [5, 5.41) is 0. The number of thiophene rings is 1. The standard InChI is InChI=1S/C15H24N2O3S2/c1-22(18,19)16-12-6-8-17(9-7-12)11-13-4-5-15(21-13)14-3-2-10-20-14/h4-5,12,14,16H,2-3,6-11H2,1H3/t14-/m0/s1. The van der Waals surface area contributed by atoms with E-state index in [1.165, 1.54) is 22.4 Å². The van der Waals surface area contributed by atoms with E-state index in [-0.39, 0.29) is 6.04 Å². The van der Waals surface area contributed by atoms with Crippen LogP contribution in [0.1, 0.15) is 41.5 Å². The summed E-state index contributed by atoms with van der Waals surface area (Å²) in [4.78, 5) is 5.13. The highest BCUT2D eigenvalue weighted by Crippen LogP contribution is 2.33. The zero-order valence-electron chi connectivity index (χ0n) is 13.0. The molecular formula is C15H24N2O3S2. The number of sulfonamides is 1. The molecule has 5 nitrogen and oxygen atoms in total. The summed E-state index contributed by atoms with van der Waals surface area (Å²) in [5.41, 5.74) is 0. The highest BCUT2D eigenvalue weighted by atomic mass is 32.2. The third kappa shape index (κ3) is 4.52. The third-order valence-corrected chi connectivity index (χ3v) is 6.20. The van der Waals surface area contributed by atoms with Gasteiger partial charge in [-0.05, 0) is 37.8 Å². The molecule has 0 radical (unpaired) electrons. The van der Waals surface area contributed by atoms with Crippen molar-refractivity contribution in [1.29, 1.82) is 0 Å². The largest absolute Gasteiger partial charge is 0.373 e. The van der Waals surface area contributed by atoms with Crippen molar-refractivity contribution in [2.75, 3.05) is 26.0 Å². The Hall–Kier alpha value is -0.470. The lowest BCUT2D eigenvalue weighted by Crippen LogP contribution is -2.43. The fourth-order valence-electron chi connectivity index (χ4n) is 3.19. The van der Waals surface area contributed by atoms with Gasteiger partial charge in [-0.25, -0.2) is 13.1 Å². The quantitative estimate of drug-likeness (QED) is 0.889. The van der Waals surface area contributed by atoms with Crippen molar-refractivity contribution in [2.45, 2.75) is 44.4 Å². The van der Waals surface area contributed by atoms with Gasteiger partial charge < -0.3 is 4.74 Å². The zero-order valence-corrected chi connectivity index (χ0v) is 14.6. The van der Waals surface area contributed by atoms with Crippen LogP contribution < -0.4 is 4.72 Å². The van der Waals surface area contributed by atoms with Crippen LogP contribution in [0.5, 0.6) is 0 Å². The van der Waals surface area contributed by atoms with E-state index in [0.29, 0.717) is 6.10 Å². The van der Waals surface area contributed by atoms with Crippen LogP contribution in [-0.2, 0) is 21.3 Å². The topological polar surface area (TPSA) is 58.6 Å². The average molecular weight is 345 g/mol. The minimum atomic E-state index is -3.09. The average Bonchev–Trinajstić information content (AvgIpc) is 3.10. The van der Waals surface area contributed by atoms with Crippen LogP contribution in [0, 0.1) is 0 Å². The molecule has 0 aromatic carbocycles. The van der Waals surface area contributed by atoms with Crippen molar-refractivity contribution in [2.24, 2.45) is 0 Å². The first-order chi connectivity index (χ1) is 10.5. The predicted molar refractivity (Wildman–Crippen MR) is 88.5 cm³/mol. The highest BCUT2D eigenvalue weighted by Gasteiger charge is 2.23. The van der Waals surface area contributed by atoms with Crippen LogP contribution in [0.2, 0.25) is 0 Å². The lowest BCUT2D eigenvalue weighted by Gasteiger charge is -2.31. The summed E-state index contributed by atoms with van der Waals surface area (Å²) in [5.74, 6) is 0. The van der Waals surface area contributed by atoms with Gasteiger partial charge in [-0.15, -0.1) is 11.3 Å². The Kier molecular flexibility index (Phi) is 5.19. The Balaban J connectivity index is 1.48. The fourth-order valence-corrected chi connectivity index (χ4v) is 5.17. The number of nitrogens with zero attached hydrogens (tertiary/aromatic N) is 1. The Morgan fingerprint density at radius 3 is 2.73 bits per heavy atom. The van der Waals surface area contributed by atoms with Gasteiger partial charge in [0.1, 0.15) is 0 Å².